The number of hydrogen-bond acceptors (Lipinski definition) is 5. The Morgan fingerprint density at radius 3 is 2.66 bits per heavy atom. The first-order valence-corrected chi connectivity index (χ1v) is 9.78. The van der Waals surface area contributed by atoms with Crippen LogP contribution >= 0.6 is 11.6 Å². The molecule has 0 spiro atoms. The number of carbonyl (C=O) groups excluding carboxylic acids is 2. The first-order valence-electron chi connectivity index (χ1n) is 9.40. The molecule has 1 aromatic heterocycles. The van der Waals surface area contributed by atoms with Gasteiger partial charge in [0.1, 0.15) is 0 Å². The monoisotopic (exact) mass is 415 g/mol. The Morgan fingerprint density at radius 2 is 1.90 bits per heavy atom. The number of ketones is 1. The van der Waals surface area contributed by atoms with E-state index in [-0.39, 0.29) is 23.0 Å². The summed E-state index contributed by atoms with van der Waals surface area (Å²) in [5, 5.41) is 1.03. The van der Waals surface area contributed by atoms with Crippen LogP contribution in [0.4, 0.5) is 0 Å². The summed E-state index contributed by atoms with van der Waals surface area (Å²) in [7, 11) is 0. The summed E-state index contributed by atoms with van der Waals surface area (Å²) in [5.41, 5.74) is 1.51. The number of hydrogen-bond donors (Lipinski definition) is 1. The average Bonchev–Trinajstić information content (AvgIpc) is 3.15. The molecule has 29 heavy (non-hydrogen) atoms. The van der Waals surface area contributed by atoms with E-state index in [9.17, 15) is 9.59 Å². The molecule has 6 nitrogen and oxygen atoms in total. The molecule has 0 aliphatic carbocycles. The number of benzene rings is 2. The molecule has 3 rings (SSSR count). The molecule has 1 N–H and O–H groups in total. The minimum atomic E-state index is -0.664. The number of para-hydroxylation sites is 1. The highest BCUT2D eigenvalue weighted by molar-refractivity contribution is 6.32. The number of H-pyrrole nitrogens is 1. The SMILES string of the molecule is CCCOc1c(Cl)cc(C(=O)OCC(=O)c2c[nH]c3ccccc23)cc1OCC. The van der Waals surface area contributed by atoms with Gasteiger partial charge >= 0.3 is 5.97 Å². The number of nitrogens with one attached hydrogen (secondary N) is 1. The standard InChI is InChI=1S/C22H22ClNO5/c1-3-9-28-21-17(23)10-14(11-20(21)27-4-2)22(26)29-13-19(25)16-12-24-18-8-6-5-7-15(16)18/h5-8,10-12,24H,3-4,9,13H2,1-2H3. The van der Waals surface area contributed by atoms with Crippen LogP contribution in [0.3, 0.4) is 0 Å². The van der Waals surface area contributed by atoms with Crippen LogP contribution in [0.2, 0.25) is 5.02 Å². The highest BCUT2D eigenvalue weighted by atomic mass is 35.5. The summed E-state index contributed by atoms with van der Waals surface area (Å²) in [6.07, 6.45) is 2.42. The number of esters is 1. The number of halogens is 1. The fourth-order valence-electron chi connectivity index (χ4n) is 2.89. The van der Waals surface area contributed by atoms with Gasteiger partial charge in [-0.1, -0.05) is 36.7 Å². The molecule has 0 amide bonds. The van der Waals surface area contributed by atoms with Crippen molar-refractivity contribution >= 4 is 34.3 Å². The fourth-order valence-corrected chi connectivity index (χ4v) is 3.15. The average molecular weight is 416 g/mol. The van der Waals surface area contributed by atoms with Gasteiger partial charge in [-0.25, -0.2) is 4.79 Å². The van der Waals surface area contributed by atoms with Gasteiger partial charge < -0.3 is 19.2 Å². The van der Waals surface area contributed by atoms with Crippen molar-refractivity contribution in [2.75, 3.05) is 19.8 Å². The highest BCUT2D eigenvalue weighted by Crippen LogP contribution is 2.37. The number of aromatic nitrogens is 1. The van der Waals surface area contributed by atoms with Gasteiger partial charge in [-0.2, -0.15) is 0 Å². The van der Waals surface area contributed by atoms with E-state index < -0.39 is 5.97 Å². The van der Waals surface area contributed by atoms with Gasteiger partial charge in [0.2, 0.25) is 5.78 Å². The van der Waals surface area contributed by atoms with Crippen molar-refractivity contribution in [2.24, 2.45) is 0 Å². The van der Waals surface area contributed by atoms with Crippen LogP contribution in [0.25, 0.3) is 10.9 Å². The van der Waals surface area contributed by atoms with Gasteiger partial charge in [0.25, 0.3) is 0 Å². The summed E-state index contributed by atoms with van der Waals surface area (Å²) in [4.78, 5) is 28.0. The van der Waals surface area contributed by atoms with Crippen molar-refractivity contribution in [3.05, 3.63) is 58.7 Å². The van der Waals surface area contributed by atoms with Crippen molar-refractivity contribution in [2.45, 2.75) is 20.3 Å². The molecule has 0 unspecified atom stereocenters. The van der Waals surface area contributed by atoms with Gasteiger partial charge in [-0.15, -0.1) is 0 Å². The molecule has 0 aliphatic rings. The van der Waals surface area contributed by atoms with Crippen LogP contribution in [-0.2, 0) is 4.74 Å². The van der Waals surface area contributed by atoms with Crippen molar-refractivity contribution < 1.29 is 23.8 Å². The van der Waals surface area contributed by atoms with Crippen molar-refractivity contribution in [3.8, 4) is 11.5 Å². The number of fused-ring (bicyclic) bond motifs is 1. The quantitative estimate of drug-likeness (QED) is 0.391. The predicted octanol–water partition coefficient (Wildman–Crippen LogP) is 5.05. The summed E-state index contributed by atoms with van der Waals surface area (Å²) in [6.45, 7) is 4.28. The van der Waals surface area contributed by atoms with E-state index in [1.54, 1.807) is 6.20 Å². The van der Waals surface area contributed by atoms with E-state index >= 15 is 0 Å². The second kappa shape index (κ2) is 9.47. The molecule has 0 bridgehead atoms. The number of aromatic amines is 1. The Hall–Kier alpha value is -2.99. The number of Topliss-reactive ketones (excluding diaryl/α,β-unsaturated/α-hetero) is 1. The largest absolute Gasteiger partial charge is 0.490 e. The molecule has 2 aromatic carbocycles. The normalized spacial score (nSPS) is 10.7. The zero-order valence-corrected chi connectivity index (χ0v) is 17.0. The van der Waals surface area contributed by atoms with Crippen molar-refractivity contribution in [1.82, 2.24) is 4.98 Å². The lowest BCUT2D eigenvalue weighted by molar-refractivity contribution is 0.0474. The van der Waals surface area contributed by atoms with E-state index in [4.69, 9.17) is 25.8 Å². The smallest absolute Gasteiger partial charge is 0.338 e. The second-order valence-corrected chi connectivity index (χ2v) is 6.72. The van der Waals surface area contributed by atoms with Gasteiger partial charge in [0.15, 0.2) is 18.1 Å². The van der Waals surface area contributed by atoms with E-state index in [1.165, 1.54) is 12.1 Å². The Morgan fingerprint density at radius 1 is 1.10 bits per heavy atom. The molecule has 0 saturated carbocycles. The van der Waals surface area contributed by atoms with Gasteiger partial charge in [0, 0.05) is 22.7 Å². The lowest BCUT2D eigenvalue weighted by atomic mass is 10.1. The topological polar surface area (TPSA) is 77.6 Å². The van der Waals surface area contributed by atoms with E-state index in [1.807, 2.05) is 38.1 Å². The number of rotatable bonds is 9. The molecule has 0 fully saturated rings. The van der Waals surface area contributed by atoms with Crippen LogP contribution in [-0.4, -0.2) is 36.6 Å². The first kappa shape index (κ1) is 20.7. The van der Waals surface area contributed by atoms with Crippen molar-refractivity contribution in [1.29, 1.82) is 0 Å². The van der Waals surface area contributed by atoms with Crippen LogP contribution in [0.1, 0.15) is 41.0 Å². The Kier molecular flexibility index (Phi) is 6.77. The Balaban J connectivity index is 1.73. The first-order chi connectivity index (χ1) is 14.0. The van der Waals surface area contributed by atoms with E-state index in [2.05, 4.69) is 4.98 Å². The Bertz CT molecular complexity index is 1030. The molecule has 3 aromatic rings. The maximum absolute atomic E-state index is 12.5. The van der Waals surface area contributed by atoms with Gasteiger partial charge in [0.05, 0.1) is 23.8 Å². The van der Waals surface area contributed by atoms with Gasteiger partial charge in [-0.05, 0) is 31.5 Å². The van der Waals surface area contributed by atoms with Crippen LogP contribution < -0.4 is 9.47 Å². The Labute approximate surface area is 173 Å². The minimum Gasteiger partial charge on any atom is -0.490 e. The third-order valence-electron chi connectivity index (χ3n) is 4.22. The second-order valence-electron chi connectivity index (χ2n) is 6.31. The summed E-state index contributed by atoms with van der Waals surface area (Å²) < 4.78 is 16.4. The molecule has 0 atom stereocenters. The molecule has 0 radical (unpaired) electrons. The van der Waals surface area contributed by atoms with Crippen LogP contribution in [0.15, 0.2) is 42.6 Å². The zero-order valence-electron chi connectivity index (χ0n) is 16.3. The molecule has 0 aliphatic heterocycles. The van der Waals surface area contributed by atoms with Gasteiger partial charge in [-0.3, -0.25) is 4.79 Å². The molecule has 1 heterocycles. The fraction of sp³-hybridized carbons (Fsp3) is 0.273. The predicted molar refractivity (Wildman–Crippen MR) is 111 cm³/mol. The van der Waals surface area contributed by atoms with Crippen LogP contribution in [0, 0.1) is 0 Å². The zero-order chi connectivity index (χ0) is 20.8. The lowest BCUT2D eigenvalue weighted by Crippen LogP contribution is -2.14. The van der Waals surface area contributed by atoms with Crippen molar-refractivity contribution in [3.63, 3.8) is 0 Å². The molecular weight excluding hydrogens is 394 g/mol. The summed E-state index contributed by atoms with van der Waals surface area (Å²) in [6, 6.07) is 10.4. The number of ether oxygens (including phenoxy) is 3. The molecular formula is C22H22ClNO5. The third kappa shape index (κ3) is 4.71. The minimum absolute atomic E-state index is 0.189. The maximum atomic E-state index is 12.5. The number of carbonyl (C=O) groups is 2. The summed E-state index contributed by atoms with van der Waals surface area (Å²) in [5.74, 6) is -0.206. The highest BCUT2D eigenvalue weighted by Gasteiger charge is 2.19. The van der Waals surface area contributed by atoms with E-state index in [0.29, 0.717) is 30.3 Å². The summed E-state index contributed by atoms with van der Waals surface area (Å²) >= 11 is 6.28. The van der Waals surface area contributed by atoms with Crippen LogP contribution in [0.5, 0.6) is 11.5 Å². The molecule has 7 heteroatoms. The van der Waals surface area contributed by atoms with E-state index in [0.717, 1.165) is 17.3 Å². The lowest BCUT2D eigenvalue weighted by Gasteiger charge is -2.14. The molecule has 152 valence electrons. The third-order valence-corrected chi connectivity index (χ3v) is 4.50. The maximum Gasteiger partial charge on any atom is 0.338 e. The molecule has 0 saturated heterocycles.